The first kappa shape index (κ1) is 12.8. The fourth-order valence-corrected chi connectivity index (χ4v) is 4.73. The lowest BCUT2D eigenvalue weighted by atomic mass is 10.1. The Labute approximate surface area is 133 Å². The summed E-state index contributed by atoms with van der Waals surface area (Å²) in [5, 5.41) is 4.21. The molecular formula is C13H9Cl2N3S2. The zero-order valence-corrected chi connectivity index (χ0v) is 13.3. The van der Waals surface area contributed by atoms with E-state index in [-0.39, 0.29) is 6.04 Å². The van der Waals surface area contributed by atoms with Gasteiger partial charge in [0.15, 0.2) is 0 Å². The molecule has 0 spiro atoms. The molecule has 2 heterocycles. The largest absolute Gasteiger partial charge is 0.375 e. The van der Waals surface area contributed by atoms with Gasteiger partial charge in [0, 0.05) is 4.88 Å². The Hall–Kier alpha value is -0.880. The highest BCUT2D eigenvalue weighted by Crippen LogP contribution is 2.42. The van der Waals surface area contributed by atoms with E-state index in [4.69, 9.17) is 23.2 Å². The van der Waals surface area contributed by atoms with Crippen molar-refractivity contribution in [1.82, 2.24) is 8.75 Å². The molecule has 7 heteroatoms. The van der Waals surface area contributed by atoms with Crippen LogP contribution in [0.5, 0.6) is 0 Å². The second kappa shape index (κ2) is 4.84. The SMILES string of the molecule is Clc1cc2c(s1)CCC2Nc1c(Cl)ccc2nsnc12. The lowest BCUT2D eigenvalue weighted by molar-refractivity contribution is 0.763. The van der Waals surface area contributed by atoms with Crippen molar-refractivity contribution < 1.29 is 0 Å². The molecule has 3 nitrogen and oxygen atoms in total. The number of anilines is 1. The van der Waals surface area contributed by atoms with Gasteiger partial charge in [-0.15, -0.1) is 11.3 Å². The summed E-state index contributed by atoms with van der Waals surface area (Å²) in [6.07, 6.45) is 2.12. The van der Waals surface area contributed by atoms with Gasteiger partial charge in [0.05, 0.1) is 32.8 Å². The van der Waals surface area contributed by atoms with Crippen molar-refractivity contribution in [1.29, 1.82) is 0 Å². The van der Waals surface area contributed by atoms with Crippen LogP contribution in [0.3, 0.4) is 0 Å². The number of hydrogen-bond donors (Lipinski definition) is 1. The molecule has 0 saturated heterocycles. The Morgan fingerprint density at radius 3 is 3.05 bits per heavy atom. The Bertz CT molecular complexity index is 796. The summed E-state index contributed by atoms with van der Waals surface area (Å²) in [6.45, 7) is 0. The van der Waals surface area contributed by atoms with Crippen molar-refractivity contribution in [2.75, 3.05) is 5.32 Å². The number of rotatable bonds is 2. The van der Waals surface area contributed by atoms with Crippen LogP contribution >= 0.6 is 46.3 Å². The first-order valence-electron chi connectivity index (χ1n) is 6.18. The average Bonchev–Trinajstić information content (AvgIpc) is 3.09. The number of fused-ring (bicyclic) bond motifs is 2. The van der Waals surface area contributed by atoms with E-state index >= 15 is 0 Å². The topological polar surface area (TPSA) is 37.8 Å². The molecule has 1 aliphatic carbocycles. The second-order valence-electron chi connectivity index (χ2n) is 4.72. The fraction of sp³-hybridized carbons (Fsp3) is 0.231. The normalized spacial score (nSPS) is 17.6. The maximum Gasteiger partial charge on any atom is 0.129 e. The van der Waals surface area contributed by atoms with E-state index in [9.17, 15) is 0 Å². The number of halogens is 2. The van der Waals surface area contributed by atoms with E-state index in [1.807, 2.05) is 12.1 Å². The average molecular weight is 342 g/mol. The van der Waals surface area contributed by atoms with Crippen LogP contribution in [0.2, 0.25) is 9.36 Å². The monoisotopic (exact) mass is 341 g/mol. The number of aryl methyl sites for hydroxylation is 1. The summed E-state index contributed by atoms with van der Waals surface area (Å²) in [4.78, 5) is 1.37. The van der Waals surface area contributed by atoms with E-state index < -0.39 is 0 Å². The van der Waals surface area contributed by atoms with Gasteiger partial charge >= 0.3 is 0 Å². The van der Waals surface area contributed by atoms with Crippen LogP contribution in [0.4, 0.5) is 5.69 Å². The molecule has 20 heavy (non-hydrogen) atoms. The molecule has 0 radical (unpaired) electrons. The number of thiophene rings is 1. The summed E-state index contributed by atoms with van der Waals surface area (Å²) in [6, 6.07) is 6.07. The highest BCUT2D eigenvalue weighted by atomic mass is 35.5. The first-order valence-corrected chi connectivity index (χ1v) is 8.48. The minimum atomic E-state index is 0.249. The molecule has 102 valence electrons. The molecule has 0 bridgehead atoms. The Balaban J connectivity index is 1.75. The lowest BCUT2D eigenvalue weighted by Crippen LogP contribution is -2.07. The molecule has 3 aromatic rings. The maximum absolute atomic E-state index is 6.32. The third-order valence-corrected chi connectivity index (χ3v) is 5.74. The van der Waals surface area contributed by atoms with Gasteiger partial charge in [-0.05, 0) is 36.6 Å². The molecule has 1 N–H and O–H groups in total. The second-order valence-corrected chi connectivity index (χ2v) is 7.42. The van der Waals surface area contributed by atoms with E-state index in [1.165, 1.54) is 22.2 Å². The number of nitrogens with one attached hydrogen (secondary N) is 1. The Morgan fingerprint density at radius 2 is 2.15 bits per heavy atom. The first-order chi connectivity index (χ1) is 9.72. The molecule has 1 aliphatic rings. The summed E-state index contributed by atoms with van der Waals surface area (Å²) in [5.74, 6) is 0. The molecule has 1 aromatic carbocycles. The number of aromatic nitrogens is 2. The van der Waals surface area contributed by atoms with Crippen LogP contribution in [0.1, 0.15) is 22.9 Å². The molecule has 0 amide bonds. The van der Waals surface area contributed by atoms with Gasteiger partial charge < -0.3 is 5.32 Å². The van der Waals surface area contributed by atoms with Crippen molar-refractivity contribution in [3.05, 3.63) is 38.0 Å². The van der Waals surface area contributed by atoms with E-state index in [1.54, 1.807) is 11.3 Å². The van der Waals surface area contributed by atoms with E-state index in [0.29, 0.717) is 5.02 Å². The van der Waals surface area contributed by atoms with Gasteiger partial charge in [-0.25, -0.2) is 0 Å². The zero-order chi connectivity index (χ0) is 13.7. The lowest BCUT2D eigenvalue weighted by Gasteiger charge is -2.16. The third-order valence-electron chi connectivity index (χ3n) is 3.54. The predicted molar refractivity (Wildman–Crippen MR) is 86.4 cm³/mol. The van der Waals surface area contributed by atoms with Gasteiger partial charge in [0.25, 0.3) is 0 Å². The molecule has 1 unspecified atom stereocenters. The zero-order valence-electron chi connectivity index (χ0n) is 10.2. The minimum absolute atomic E-state index is 0.249. The Morgan fingerprint density at radius 1 is 1.25 bits per heavy atom. The quantitative estimate of drug-likeness (QED) is 0.699. The van der Waals surface area contributed by atoms with Gasteiger partial charge in [-0.1, -0.05) is 23.2 Å². The van der Waals surface area contributed by atoms with Crippen LogP contribution in [-0.4, -0.2) is 8.75 Å². The Kier molecular flexibility index (Phi) is 3.11. The van der Waals surface area contributed by atoms with E-state index in [2.05, 4.69) is 20.1 Å². The summed E-state index contributed by atoms with van der Waals surface area (Å²) < 4.78 is 9.45. The predicted octanol–water partition coefficient (Wildman–Crippen LogP) is 5.16. The highest BCUT2D eigenvalue weighted by Gasteiger charge is 2.26. The molecule has 1 atom stereocenters. The third kappa shape index (κ3) is 2.00. The van der Waals surface area contributed by atoms with Crippen molar-refractivity contribution in [2.24, 2.45) is 0 Å². The van der Waals surface area contributed by atoms with Gasteiger partial charge in [-0.3, -0.25) is 0 Å². The number of nitrogens with zero attached hydrogens (tertiary/aromatic N) is 2. The van der Waals surface area contributed by atoms with Gasteiger partial charge in [0.1, 0.15) is 11.0 Å². The van der Waals surface area contributed by atoms with Crippen LogP contribution < -0.4 is 5.32 Å². The summed E-state index contributed by atoms with van der Waals surface area (Å²) in [7, 11) is 0. The number of hydrogen-bond acceptors (Lipinski definition) is 5. The van der Waals surface area contributed by atoms with Crippen LogP contribution in [0, 0.1) is 0 Å². The number of benzene rings is 1. The molecule has 0 saturated carbocycles. The summed E-state index contributed by atoms with van der Waals surface area (Å²) in [5.41, 5.74) is 3.88. The van der Waals surface area contributed by atoms with Crippen LogP contribution in [0.15, 0.2) is 18.2 Å². The molecule has 0 fully saturated rings. The van der Waals surface area contributed by atoms with Crippen molar-refractivity contribution in [3.63, 3.8) is 0 Å². The minimum Gasteiger partial charge on any atom is -0.375 e. The smallest absolute Gasteiger partial charge is 0.129 e. The van der Waals surface area contributed by atoms with Crippen LogP contribution in [-0.2, 0) is 6.42 Å². The van der Waals surface area contributed by atoms with E-state index in [0.717, 1.165) is 33.9 Å². The molecular weight excluding hydrogens is 333 g/mol. The standard InChI is InChI=1S/C13H9Cl2N3S2/c14-7-1-2-9-13(18-20-17-9)12(7)16-8-3-4-10-6(8)5-11(15)19-10/h1-2,5,8,16H,3-4H2. The van der Waals surface area contributed by atoms with Gasteiger partial charge in [0.2, 0.25) is 0 Å². The molecule has 0 aliphatic heterocycles. The van der Waals surface area contributed by atoms with Crippen molar-refractivity contribution in [2.45, 2.75) is 18.9 Å². The summed E-state index contributed by atoms with van der Waals surface area (Å²) >= 11 is 15.3. The van der Waals surface area contributed by atoms with Crippen molar-refractivity contribution >= 4 is 63.0 Å². The van der Waals surface area contributed by atoms with Gasteiger partial charge in [-0.2, -0.15) is 8.75 Å². The molecule has 2 aromatic heterocycles. The maximum atomic E-state index is 6.32. The molecule has 4 rings (SSSR count). The van der Waals surface area contributed by atoms with Crippen LogP contribution in [0.25, 0.3) is 11.0 Å². The fourth-order valence-electron chi connectivity index (χ4n) is 2.62. The highest BCUT2D eigenvalue weighted by molar-refractivity contribution is 7.16. The van der Waals surface area contributed by atoms with Crippen molar-refractivity contribution in [3.8, 4) is 0 Å².